The summed E-state index contributed by atoms with van der Waals surface area (Å²) in [6.45, 7) is 3.09. The lowest BCUT2D eigenvalue weighted by Gasteiger charge is -2.02. The maximum absolute atomic E-state index is 5.12. The quantitative estimate of drug-likeness (QED) is 0.483. The molecule has 0 aliphatic carbocycles. The number of aromatic nitrogens is 4. The second-order valence-corrected chi connectivity index (χ2v) is 6.83. The number of rotatable bonds is 7. The zero-order valence-electron chi connectivity index (χ0n) is 15.8. The van der Waals surface area contributed by atoms with Gasteiger partial charge in [-0.3, -0.25) is 0 Å². The number of unbranched alkanes of at least 4 members (excludes halogenated alkanes) is 1. The van der Waals surface area contributed by atoms with Crippen LogP contribution in [0, 0.1) is 6.92 Å². The van der Waals surface area contributed by atoms with Crippen LogP contribution in [0.5, 0.6) is 5.88 Å². The van der Waals surface area contributed by atoms with Crippen LogP contribution in [0.2, 0.25) is 0 Å². The second-order valence-electron chi connectivity index (χ2n) is 6.83. The number of H-pyrrole nitrogens is 1. The van der Waals surface area contributed by atoms with Gasteiger partial charge in [0.1, 0.15) is 5.82 Å². The molecule has 1 N–H and O–H groups in total. The number of aryl methyl sites for hydroxylation is 3. The van der Waals surface area contributed by atoms with Gasteiger partial charge in [-0.2, -0.15) is 0 Å². The molecule has 0 saturated carbocycles. The Morgan fingerprint density at radius 3 is 2.48 bits per heavy atom. The van der Waals surface area contributed by atoms with Gasteiger partial charge in [0, 0.05) is 48.9 Å². The molecule has 4 rings (SSSR count). The maximum atomic E-state index is 5.12. The van der Waals surface area contributed by atoms with Crippen molar-refractivity contribution in [2.24, 2.45) is 0 Å². The summed E-state index contributed by atoms with van der Waals surface area (Å²) in [6.07, 6.45) is 9.43. The summed E-state index contributed by atoms with van der Waals surface area (Å²) < 4.78 is 7.40. The standard InChI is InChI=1S/C22H24N4O/c1-16-22(17-10-11-21(27-2)23-13-17)25-20(24-16)9-5-6-12-26-14-18-7-3-4-8-19(18)15-26/h3-4,7-8,10-11,13-15H,5-6,9,12H2,1-2H3,(H,24,25). The van der Waals surface area contributed by atoms with E-state index in [1.165, 1.54) is 10.8 Å². The van der Waals surface area contributed by atoms with E-state index in [1.807, 2.05) is 18.3 Å². The summed E-state index contributed by atoms with van der Waals surface area (Å²) >= 11 is 0. The molecule has 0 aliphatic rings. The Hall–Kier alpha value is -3.08. The van der Waals surface area contributed by atoms with Crippen LogP contribution in [-0.4, -0.2) is 26.6 Å². The lowest BCUT2D eigenvalue weighted by molar-refractivity contribution is 0.398. The number of pyridine rings is 1. The highest BCUT2D eigenvalue weighted by atomic mass is 16.5. The van der Waals surface area contributed by atoms with Crippen molar-refractivity contribution in [3.8, 4) is 17.1 Å². The van der Waals surface area contributed by atoms with Crippen LogP contribution in [0.1, 0.15) is 24.4 Å². The van der Waals surface area contributed by atoms with E-state index in [0.717, 1.165) is 48.6 Å². The van der Waals surface area contributed by atoms with E-state index in [0.29, 0.717) is 5.88 Å². The molecule has 1 aromatic carbocycles. The molecule has 3 heterocycles. The minimum atomic E-state index is 0.616. The van der Waals surface area contributed by atoms with Crippen LogP contribution >= 0.6 is 0 Å². The van der Waals surface area contributed by atoms with Crippen LogP contribution < -0.4 is 4.74 Å². The van der Waals surface area contributed by atoms with E-state index < -0.39 is 0 Å². The van der Waals surface area contributed by atoms with E-state index >= 15 is 0 Å². The van der Waals surface area contributed by atoms with Gasteiger partial charge in [0.15, 0.2) is 0 Å². The van der Waals surface area contributed by atoms with E-state index in [9.17, 15) is 0 Å². The summed E-state index contributed by atoms with van der Waals surface area (Å²) in [7, 11) is 1.62. The number of fused-ring (bicyclic) bond motifs is 1. The number of hydrogen-bond donors (Lipinski definition) is 1. The summed E-state index contributed by atoms with van der Waals surface area (Å²) in [5, 5.41) is 2.61. The molecule has 3 aromatic heterocycles. The maximum Gasteiger partial charge on any atom is 0.212 e. The third-order valence-corrected chi connectivity index (χ3v) is 4.84. The Morgan fingerprint density at radius 1 is 1.04 bits per heavy atom. The largest absolute Gasteiger partial charge is 0.481 e. The topological polar surface area (TPSA) is 55.7 Å². The highest BCUT2D eigenvalue weighted by Gasteiger charge is 2.09. The van der Waals surface area contributed by atoms with Gasteiger partial charge in [0.05, 0.1) is 12.8 Å². The molecule has 0 radical (unpaired) electrons. The van der Waals surface area contributed by atoms with E-state index in [-0.39, 0.29) is 0 Å². The number of aromatic amines is 1. The number of methoxy groups -OCH3 is 1. The van der Waals surface area contributed by atoms with Gasteiger partial charge in [0.2, 0.25) is 5.88 Å². The first-order chi connectivity index (χ1) is 13.2. The molecule has 4 aromatic rings. The Kier molecular flexibility index (Phi) is 4.92. The van der Waals surface area contributed by atoms with Crippen molar-refractivity contribution in [2.75, 3.05) is 7.11 Å². The van der Waals surface area contributed by atoms with E-state index in [2.05, 4.69) is 58.1 Å². The van der Waals surface area contributed by atoms with Gasteiger partial charge in [0.25, 0.3) is 0 Å². The molecular weight excluding hydrogens is 336 g/mol. The Morgan fingerprint density at radius 2 is 1.81 bits per heavy atom. The smallest absolute Gasteiger partial charge is 0.212 e. The van der Waals surface area contributed by atoms with Crippen molar-refractivity contribution >= 4 is 10.8 Å². The van der Waals surface area contributed by atoms with Crippen LogP contribution in [0.3, 0.4) is 0 Å². The SMILES string of the molecule is COc1ccc(-c2nc(CCCCn3cc4ccccc4c3)[nH]c2C)cn1. The second kappa shape index (κ2) is 7.66. The van der Waals surface area contributed by atoms with Gasteiger partial charge in [-0.25, -0.2) is 9.97 Å². The summed E-state index contributed by atoms with van der Waals surface area (Å²) in [6, 6.07) is 12.4. The minimum absolute atomic E-state index is 0.616. The fraction of sp³-hybridized carbons (Fsp3) is 0.273. The predicted molar refractivity (Wildman–Crippen MR) is 108 cm³/mol. The highest BCUT2D eigenvalue weighted by Crippen LogP contribution is 2.22. The van der Waals surface area contributed by atoms with Crippen molar-refractivity contribution in [3.05, 3.63) is 66.5 Å². The molecule has 5 nitrogen and oxygen atoms in total. The Bertz CT molecular complexity index is 997. The number of nitrogens with zero attached hydrogens (tertiary/aromatic N) is 3. The Labute approximate surface area is 159 Å². The number of imidazole rings is 1. The minimum Gasteiger partial charge on any atom is -0.481 e. The number of ether oxygens (including phenoxy) is 1. The van der Waals surface area contributed by atoms with Crippen molar-refractivity contribution in [1.29, 1.82) is 0 Å². The molecule has 0 bridgehead atoms. The lowest BCUT2D eigenvalue weighted by atomic mass is 10.2. The third kappa shape index (κ3) is 3.87. The third-order valence-electron chi connectivity index (χ3n) is 4.84. The fourth-order valence-electron chi connectivity index (χ4n) is 3.42. The molecule has 0 unspecified atom stereocenters. The molecule has 0 saturated heterocycles. The summed E-state index contributed by atoms with van der Waals surface area (Å²) in [5.74, 6) is 1.65. The molecule has 0 aliphatic heterocycles. The van der Waals surface area contributed by atoms with Crippen molar-refractivity contribution < 1.29 is 4.74 Å². The average Bonchev–Trinajstić information content (AvgIpc) is 3.28. The number of nitrogens with one attached hydrogen (secondary N) is 1. The predicted octanol–water partition coefficient (Wildman–Crippen LogP) is 4.77. The number of benzene rings is 1. The van der Waals surface area contributed by atoms with E-state index in [1.54, 1.807) is 7.11 Å². The molecule has 5 heteroatoms. The Balaban J connectivity index is 1.34. The van der Waals surface area contributed by atoms with E-state index in [4.69, 9.17) is 9.72 Å². The lowest BCUT2D eigenvalue weighted by Crippen LogP contribution is -1.96. The van der Waals surface area contributed by atoms with Crippen LogP contribution in [-0.2, 0) is 13.0 Å². The zero-order chi connectivity index (χ0) is 18.6. The average molecular weight is 360 g/mol. The van der Waals surface area contributed by atoms with Gasteiger partial charge < -0.3 is 14.3 Å². The van der Waals surface area contributed by atoms with Gasteiger partial charge in [-0.15, -0.1) is 0 Å². The first kappa shape index (κ1) is 17.3. The van der Waals surface area contributed by atoms with Crippen LogP contribution in [0.25, 0.3) is 22.0 Å². The molecule has 0 fully saturated rings. The summed E-state index contributed by atoms with van der Waals surface area (Å²) in [4.78, 5) is 12.5. The molecule has 138 valence electrons. The van der Waals surface area contributed by atoms with Crippen molar-refractivity contribution in [3.63, 3.8) is 0 Å². The van der Waals surface area contributed by atoms with Gasteiger partial charge >= 0.3 is 0 Å². The van der Waals surface area contributed by atoms with Gasteiger partial charge in [-0.05, 0) is 36.6 Å². The van der Waals surface area contributed by atoms with Crippen LogP contribution in [0.4, 0.5) is 0 Å². The summed E-state index contributed by atoms with van der Waals surface area (Å²) in [5.41, 5.74) is 3.06. The monoisotopic (exact) mass is 360 g/mol. The molecular formula is C22H24N4O. The molecule has 0 spiro atoms. The molecule has 27 heavy (non-hydrogen) atoms. The first-order valence-corrected chi connectivity index (χ1v) is 9.33. The molecule has 0 amide bonds. The van der Waals surface area contributed by atoms with Crippen LogP contribution in [0.15, 0.2) is 55.0 Å². The normalized spacial score (nSPS) is 11.2. The van der Waals surface area contributed by atoms with Gasteiger partial charge in [-0.1, -0.05) is 24.3 Å². The molecule has 0 atom stereocenters. The first-order valence-electron chi connectivity index (χ1n) is 9.33. The fourth-order valence-corrected chi connectivity index (χ4v) is 3.42. The van der Waals surface area contributed by atoms with Crippen molar-refractivity contribution in [2.45, 2.75) is 32.7 Å². The zero-order valence-corrected chi connectivity index (χ0v) is 15.8. The van der Waals surface area contributed by atoms with Crippen molar-refractivity contribution in [1.82, 2.24) is 19.5 Å². The number of hydrogen-bond acceptors (Lipinski definition) is 3. The highest BCUT2D eigenvalue weighted by molar-refractivity contribution is 5.82.